The van der Waals surface area contributed by atoms with Crippen LogP contribution in [0.15, 0.2) is 30.3 Å². The zero-order valence-electron chi connectivity index (χ0n) is 12.1. The second-order valence-electron chi connectivity index (χ2n) is 4.84. The molecule has 1 aromatic carbocycles. The Balaban J connectivity index is 2.07. The molecule has 2 rings (SSSR count). The van der Waals surface area contributed by atoms with Gasteiger partial charge < -0.3 is 10.5 Å². The highest BCUT2D eigenvalue weighted by Crippen LogP contribution is 2.19. The second-order valence-corrected chi connectivity index (χ2v) is 4.84. The van der Waals surface area contributed by atoms with Crippen LogP contribution in [0, 0.1) is 6.92 Å². The molecule has 0 amide bonds. The van der Waals surface area contributed by atoms with E-state index in [-0.39, 0.29) is 0 Å². The lowest BCUT2D eigenvalue weighted by molar-refractivity contribution is 0.437. The molecule has 0 saturated carbocycles. The quantitative estimate of drug-likeness (QED) is 0.875. The van der Waals surface area contributed by atoms with Crippen molar-refractivity contribution in [1.82, 2.24) is 9.97 Å². The van der Waals surface area contributed by atoms with Gasteiger partial charge in [-0.25, -0.2) is 4.98 Å². The Morgan fingerprint density at radius 3 is 2.55 bits per heavy atom. The Hall–Kier alpha value is -1.94. The first-order valence-electron chi connectivity index (χ1n) is 7.02. The summed E-state index contributed by atoms with van der Waals surface area (Å²) in [6.45, 7) is 4.48. The van der Waals surface area contributed by atoms with Crippen molar-refractivity contribution in [3.8, 4) is 11.8 Å². The summed E-state index contributed by atoms with van der Waals surface area (Å²) in [6, 6.07) is 10.3. The van der Waals surface area contributed by atoms with Crippen molar-refractivity contribution in [2.45, 2.75) is 39.7 Å². The molecule has 2 aromatic rings. The molecule has 1 heterocycles. The Labute approximate surface area is 120 Å². The van der Waals surface area contributed by atoms with E-state index in [0.717, 1.165) is 23.6 Å². The van der Waals surface area contributed by atoms with Crippen molar-refractivity contribution in [3.63, 3.8) is 0 Å². The molecule has 0 radical (unpaired) electrons. The molecule has 0 unspecified atom stereocenters. The molecular formula is C16H21N3O. The number of unbranched alkanes of at least 4 members (excludes halogenated alkanes) is 1. The first-order valence-corrected chi connectivity index (χ1v) is 7.02. The predicted octanol–water partition coefficient (Wildman–Crippen LogP) is 3.38. The van der Waals surface area contributed by atoms with E-state index >= 15 is 0 Å². The monoisotopic (exact) mass is 271 g/mol. The maximum atomic E-state index is 5.68. The van der Waals surface area contributed by atoms with E-state index in [1.807, 2.05) is 25.1 Å². The fourth-order valence-corrected chi connectivity index (χ4v) is 1.97. The van der Waals surface area contributed by atoms with E-state index in [0.29, 0.717) is 12.6 Å². The van der Waals surface area contributed by atoms with Gasteiger partial charge in [-0.15, -0.1) is 0 Å². The van der Waals surface area contributed by atoms with Crippen LogP contribution in [0.3, 0.4) is 0 Å². The number of benzene rings is 1. The van der Waals surface area contributed by atoms with Crippen molar-refractivity contribution in [2.24, 2.45) is 5.73 Å². The highest BCUT2D eigenvalue weighted by Gasteiger charge is 2.04. The van der Waals surface area contributed by atoms with Crippen molar-refractivity contribution in [3.05, 3.63) is 47.3 Å². The fraction of sp³-hybridized carbons (Fsp3) is 0.375. The van der Waals surface area contributed by atoms with Crippen LogP contribution in [0.5, 0.6) is 11.8 Å². The van der Waals surface area contributed by atoms with E-state index in [2.05, 4.69) is 29.0 Å². The molecule has 0 saturated heterocycles. The maximum Gasteiger partial charge on any atom is 0.322 e. The average molecular weight is 271 g/mol. The van der Waals surface area contributed by atoms with E-state index in [1.54, 1.807) is 0 Å². The van der Waals surface area contributed by atoms with Crippen LogP contribution in [0.25, 0.3) is 0 Å². The SMILES string of the molecule is CCCCc1ccc(Oc2nc(C)cc(CN)n2)cc1. The van der Waals surface area contributed by atoms with Gasteiger partial charge in [0.2, 0.25) is 0 Å². The summed E-state index contributed by atoms with van der Waals surface area (Å²) < 4.78 is 5.68. The molecule has 0 spiro atoms. The highest BCUT2D eigenvalue weighted by atomic mass is 16.5. The van der Waals surface area contributed by atoms with Crippen LogP contribution in [0.1, 0.15) is 36.7 Å². The van der Waals surface area contributed by atoms with Gasteiger partial charge in [-0.05, 0) is 43.5 Å². The molecule has 0 aliphatic carbocycles. The summed E-state index contributed by atoms with van der Waals surface area (Å²) in [5, 5.41) is 0. The molecule has 2 N–H and O–H groups in total. The lowest BCUT2D eigenvalue weighted by atomic mass is 10.1. The minimum Gasteiger partial charge on any atom is -0.424 e. The summed E-state index contributed by atoms with van der Waals surface area (Å²) in [4.78, 5) is 8.52. The first kappa shape index (κ1) is 14.5. The molecular weight excluding hydrogens is 250 g/mol. The van der Waals surface area contributed by atoms with Gasteiger partial charge in [0.15, 0.2) is 0 Å². The molecule has 0 aliphatic rings. The molecule has 0 bridgehead atoms. The van der Waals surface area contributed by atoms with E-state index in [4.69, 9.17) is 10.5 Å². The predicted molar refractivity (Wildman–Crippen MR) is 79.8 cm³/mol. The minimum atomic E-state index is 0.353. The molecule has 1 aromatic heterocycles. The number of nitrogens with zero attached hydrogens (tertiary/aromatic N) is 2. The van der Waals surface area contributed by atoms with Crippen molar-refractivity contribution >= 4 is 0 Å². The zero-order chi connectivity index (χ0) is 14.4. The van der Waals surface area contributed by atoms with Crippen LogP contribution in [-0.2, 0) is 13.0 Å². The first-order chi connectivity index (χ1) is 9.71. The van der Waals surface area contributed by atoms with Crippen molar-refractivity contribution in [1.29, 1.82) is 0 Å². The third kappa shape index (κ3) is 4.03. The maximum absolute atomic E-state index is 5.68. The number of hydrogen-bond donors (Lipinski definition) is 1. The van der Waals surface area contributed by atoms with Gasteiger partial charge in [0.05, 0.1) is 5.69 Å². The van der Waals surface area contributed by atoms with E-state index in [1.165, 1.54) is 18.4 Å². The number of rotatable bonds is 6. The molecule has 106 valence electrons. The van der Waals surface area contributed by atoms with E-state index < -0.39 is 0 Å². The van der Waals surface area contributed by atoms with Gasteiger partial charge in [-0.2, -0.15) is 4.98 Å². The van der Waals surface area contributed by atoms with Crippen LogP contribution in [0.2, 0.25) is 0 Å². The lowest BCUT2D eigenvalue weighted by Crippen LogP contribution is -2.03. The Morgan fingerprint density at radius 1 is 1.15 bits per heavy atom. The molecule has 0 aliphatic heterocycles. The van der Waals surface area contributed by atoms with E-state index in [9.17, 15) is 0 Å². The Bertz CT molecular complexity index is 552. The Kier molecular flexibility index (Phi) is 5.07. The summed E-state index contributed by atoms with van der Waals surface area (Å²) in [7, 11) is 0. The zero-order valence-corrected chi connectivity index (χ0v) is 12.1. The standard InChI is InChI=1S/C16H21N3O/c1-3-4-5-13-6-8-15(9-7-13)20-16-18-12(2)10-14(11-17)19-16/h6-10H,3-5,11,17H2,1-2H3. The van der Waals surface area contributed by atoms with Gasteiger partial charge >= 0.3 is 6.01 Å². The number of hydrogen-bond acceptors (Lipinski definition) is 4. The van der Waals surface area contributed by atoms with Crippen LogP contribution in [-0.4, -0.2) is 9.97 Å². The third-order valence-electron chi connectivity index (χ3n) is 3.05. The molecule has 4 nitrogen and oxygen atoms in total. The minimum absolute atomic E-state index is 0.353. The van der Waals surface area contributed by atoms with Crippen LogP contribution in [0.4, 0.5) is 0 Å². The van der Waals surface area contributed by atoms with Crippen molar-refractivity contribution in [2.75, 3.05) is 0 Å². The van der Waals surface area contributed by atoms with Crippen LogP contribution < -0.4 is 10.5 Å². The van der Waals surface area contributed by atoms with Crippen LogP contribution >= 0.6 is 0 Å². The number of aromatic nitrogens is 2. The van der Waals surface area contributed by atoms with Gasteiger partial charge in [0.25, 0.3) is 0 Å². The smallest absolute Gasteiger partial charge is 0.322 e. The molecule has 0 atom stereocenters. The van der Waals surface area contributed by atoms with Gasteiger partial charge in [0, 0.05) is 12.2 Å². The number of nitrogens with two attached hydrogens (primary N) is 1. The number of ether oxygens (including phenoxy) is 1. The van der Waals surface area contributed by atoms with Gasteiger partial charge in [-0.3, -0.25) is 0 Å². The third-order valence-corrected chi connectivity index (χ3v) is 3.05. The van der Waals surface area contributed by atoms with Gasteiger partial charge in [-0.1, -0.05) is 25.5 Å². The largest absolute Gasteiger partial charge is 0.424 e. The van der Waals surface area contributed by atoms with Crippen molar-refractivity contribution < 1.29 is 4.74 Å². The fourth-order valence-electron chi connectivity index (χ4n) is 1.97. The highest BCUT2D eigenvalue weighted by molar-refractivity contribution is 5.29. The summed E-state index contributed by atoms with van der Waals surface area (Å²) in [5.74, 6) is 0.749. The number of aryl methyl sites for hydroxylation is 2. The topological polar surface area (TPSA) is 61.0 Å². The molecule has 20 heavy (non-hydrogen) atoms. The van der Waals surface area contributed by atoms with Gasteiger partial charge in [0.1, 0.15) is 5.75 Å². The molecule has 0 fully saturated rings. The average Bonchev–Trinajstić information content (AvgIpc) is 2.46. The second kappa shape index (κ2) is 7.01. The summed E-state index contributed by atoms with van der Waals surface area (Å²) in [6.07, 6.45) is 3.52. The summed E-state index contributed by atoms with van der Waals surface area (Å²) in [5.41, 5.74) is 8.57. The summed E-state index contributed by atoms with van der Waals surface area (Å²) >= 11 is 0. The normalized spacial score (nSPS) is 10.6. The lowest BCUT2D eigenvalue weighted by Gasteiger charge is -2.07. The Morgan fingerprint density at radius 2 is 1.90 bits per heavy atom. The molecule has 4 heteroatoms.